The van der Waals surface area contributed by atoms with Crippen molar-refractivity contribution in [1.29, 1.82) is 0 Å². The Morgan fingerprint density at radius 1 is 0.696 bits per heavy atom. The van der Waals surface area contributed by atoms with Crippen molar-refractivity contribution in [2.45, 2.75) is 0 Å². The average Bonchev–Trinajstić information content (AvgIpc) is 3.05. The normalized spacial score (nSPS) is 11.3. The molecule has 2 nitrogen and oxygen atoms in total. The van der Waals surface area contributed by atoms with Gasteiger partial charge in [0, 0.05) is 5.56 Å². The fourth-order valence-electron chi connectivity index (χ4n) is 2.51. The standard InChI is InChI=1S/C21H15NO/c1-3-7-16(8-4-1)11-12-17-13-14-19-20(15-17)23-21(22-19)18-9-5-2-6-10-18/h1-15H. The molecule has 2 heteroatoms. The number of aromatic nitrogens is 1. The number of hydrogen-bond acceptors (Lipinski definition) is 2. The van der Waals surface area contributed by atoms with E-state index in [9.17, 15) is 0 Å². The zero-order valence-corrected chi connectivity index (χ0v) is 12.5. The molecule has 0 radical (unpaired) electrons. The van der Waals surface area contributed by atoms with Crippen LogP contribution >= 0.6 is 0 Å². The van der Waals surface area contributed by atoms with Crippen molar-refractivity contribution in [3.8, 4) is 11.5 Å². The van der Waals surface area contributed by atoms with E-state index in [4.69, 9.17) is 4.42 Å². The zero-order chi connectivity index (χ0) is 15.5. The number of oxazole rings is 1. The average molecular weight is 297 g/mol. The molecule has 4 rings (SSSR count). The SMILES string of the molecule is C(=Cc1ccc2nc(-c3ccccc3)oc2c1)c1ccccc1. The predicted octanol–water partition coefficient (Wildman–Crippen LogP) is 5.67. The summed E-state index contributed by atoms with van der Waals surface area (Å²) in [6.07, 6.45) is 4.18. The van der Waals surface area contributed by atoms with Gasteiger partial charge in [0.2, 0.25) is 5.89 Å². The second-order valence-corrected chi connectivity index (χ2v) is 5.36. The van der Waals surface area contributed by atoms with E-state index < -0.39 is 0 Å². The van der Waals surface area contributed by atoms with E-state index in [0.717, 1.165) is 22.2 Å². The topological polar surface area (TPSA) is 26.0 Å². The van der Waals surface area contributed by atoms with Crippen LogP contribution in [0.4, 0.5) is 0 Å². The molecule has 4 aromatic rings. The Kier molecular flexibility index (Phi) is 3.49. The van der Waals surface area contributed by atoms with Gasteiger partial charge in [0.05, 0.1) is 0 Å². The van der Waals surface area contributed by atoms with Crippen LogP contribution in [0.15, 0.2) is 83.3 Å². The molecular formula is C21H15NO. The van der Waals surface area contributed by atoms with Crippen LogP contribution in [0.2, 0.25) is 0 Å². The molecule has 0 bridgehead atoms. The number of fused-ring (bicyclic) bond motifs is 1. The summed E-state index contributed by atoms with van der Waals surface area (Å²) in [6, 6.07) is 26.3. The van der Waals surface area contributed by atoms with Crippen LogP contribution in [0.3, 0.4) is 0 Å². The number of nitrogens with zero attached hydrogens (tertiary/aromatic N) is 1. The molecule has 0 amide bonds. The van der Waals surface area contributed by atoms with Gasteiger partial charge in [-0.1, -0.05) is 66.7 Å². The fourth-order valence-corrected chi connectivity index (χ4v) is 2.51. The molecule has 1 heterocycles. The minimum atomic E-state index is 0.657. The second-order valence-electron chi connectivity index (χ2n) is 5.36. The molecule has 0 N–H and O–H groups in total. The summed E-state index contributed by atoms with van der Waals surface area (Å²) in [5.74, 6) is 0.657. The molecule has 1 aromatic heterocycles. The molecule has 0 saturated carbocycles. The molecule has 0 unspecified atom stereocenters. The summed E-state index contributed by atoms with van der Waals surface area (Å²) in [5.41, 5.74) is 4.94. The zero-order valence-electron chi connectivity index (χ0n) is 12.5. The first-order valence-corrected chi connectivity index (χ1v) is 7.58. The van der Waals surface area contributed by atoms with Crippen molar-refractivity contribution < 1.29 is 4.42 Å². The molecule has 0 fully saturated rings. The lowest BCUT2D eigenvalue weighted by atomic mass is 10.1. The predicted molar refractivity (Wildman–Crippen MR) is 94.8 cm³/mol. The van der Waals surface area contributed by atoms with Crippen LogP contribution in [-0.4, -0.2) is 4.98 Å². The minimum Gasteiger partial charge on any atom is -0.436 e. The van der Waals surface area contributed by atoms with Crippen molar-refractivity contribution in [3.05, 3.63) is 90.0 Å². The Labute approximate surface area is 134 Å². The van der Waals surface area contributed by atoms with Gasteiger partial charge in [-0.15, -0.1) is 0 Å². The largest absolute Gasteiger partial charge is 0.436 e. The van der Waals surface area contributed by atoms with Crippen LogP contribution in [0.1, 0.15) is 11.1 Å². The smallest absolute Gasteiger partial charge is 0.227 e. The summed E-state index contributed by atoms with van der Waals surface area (Å²) in [5, 5.41) is 0. The maximum atomic E-state index is 5.90. The summed E-state index contributed by atoms with van der Waals surface area (Å²) < 4.78 is 5.90. The molecular weight excluding hydrogens is 282 g/mol. The first-order valence-electron chi connectivity index (χ1n) is 7.58. The highest BCUT2D eigenvalue weighted by molar-refractivity contribution is 5.81. The highest BCUT2D eigenvalue weighted by Crippen LogP contribution is 2.25. The Morgan fingerprint density at radius 3 is 2.17 bits per heavy atom. The second kappa shape index (κ2) is 5.93. The summed E-state index contributed by atoms with van der Waals surface area (Å²) in [7, 11) is 0. The molecule has 0 aliphatic rings. The van der Waals surface area contributed by atoms with Crippen LogP contribution in [0, 0.1) is 0 Å². The molecule has 0 aliphatic carbocycles. The van der Waals surface area contributed by atoms with Gasteiger partial charge in [0.1, 0.15) is 5.52 Å². The van der Waals surface area contributed by atoms with Crippen molar-refractivity contribution in [1.82, 2.24) is 4.98 Å². The van der Waals surface area contributed by atoms with E-state index in [1.807, 2.05) is 60.7 Å². The van der Waals surface area contributed by atoms with E-state index in [-0.39, 0.29) is 0 Å². The minimum absolute atomic E-state index is 0.657. The van der Waals surface area contributed by atoms with Gasteiger partial charge in [0.25, 0.3) is 0 Å². The van der Waals surface area contributed by atoms with Gasteiger partial charge in [-0.25, -0.2) is 4.98 Å². The Balaban J connectivity index is 1.67. The third kappa shape index (κ3) is 2.92. The van der Waals surface area contributed by atoms with Crippen LogP contribution in [-0.2, 0) is 0 Å². The lowest BCUT2D eigenvalue weighted by molar-refractivity contribution is 0.620. The Hall–Kier alpha value is -3.13. The van der Waals surface area contributed by atoms with Crippen molar-refractivity contribution in [2.24, 2.45) is 0 Å². The summed E-state index contributed by atoms with van der Waals surface area (Å²) in [4.78, 5) is 4.55. The maximum absolute atomic E-state index is 5.90. The Bertz CT molecular complexity index is 953. The summed E-state index contributed by atoms with van der Waals surface area (Å²) in [6.45, 7) is 0. The molecule has 0 aliphatic heterocycles. The molecule has 110 valence electrons. The lowest BCUT2D eigenvalue weighted by Gasteiger charge is -1.94. The first kappa shape index (κ1) is 13.5. The van der Waals surface area contributed by atoms with Crippen molar-refractivity contribution in [3.63, 3.8) is 0 Å². The highest BCUT2D eigenvalue weighted by atomic mass is 16.3. The number of hydrogen-bond donors (Lipinski definition) is 0. The van der Waals surface area contributed by atoms with Crippen LogP contribution < -0.4 is 0 Å². The van der Waals surface area contributed by atoms with Gasteiger partial charge in [-0.2, -0.15) is 0 Å². The van der Waals surface area contributed by atoms with Gasteiger partial charge < -0.3 is 4.42 Å². The van der Waals surface area contributed by atoms with E-state index in [2.05, 4.69) is 35.3 Å². The van der Waals surface area contributed by atoms with Crippen molar-refractivity contribution >= 4 is 23.3 Å². The fraction of sp³-hybridized carbons (Fsp3) is 0. The van der Waals surface area contributed by atoms with Crippen LogP contribution in [0.5, 0.6) is 0 Å². The molecule has 0 spiro atoms. The van der Waals surface area contributed by atoms with Gasteiger partial charge in [-0.3, -0.25) is 0 Å². The lowest BCUT2D eigenvalue weighted by Crippen LogP contribution is -1.75. The third-order valence-electron chi connectivity index (χ3n) is 3.70. The third-order valence-corrected chi connectivity index (χ3v) is 3.70. The van der Waals surface area contributed by atoms with E-state index in [1.54, 1.807) is 0 Å². The summed E-state index contributed by atoms with van der Waals surface area (Å²) >= 11 is 0. The van der Waals surface area contributed by atoms with Gasteiger partial charge >= 0.3 is 0 Å². The van der Waals surface area contributed by atoms with Crippen molar-refractivity contribution in [2.75, 3.05) is 0 Å². The monoisotopic (exact) mass is 297 g/mol. The molecule has 23 heavy (non-hydrogen) atoms. The molecule has 0 atom stereocenters. The van der Waals surface area contributed by atoms with Gasteiger partial charge in [0.15, 0.2) is 5.58 Å². The van der Waals surface area contributed by atoms with E-state index in [0.29, 0.717) is 5.89 Å². The maximum Gasteiger partial charge on any atom is 0.227 e. The highest BCUT2D eigenvalue weighted by Gasteiger charge is 2.07. The van der Waals surface area contributed by atoms with E-state index >= 15 is 0 Å². The molecule has 3 aromatic carbocycles. The Morgan fingerprint density at radius 2 is 1.39 bits per heavy atom. The van der Waals surface area contributed by atoms with Gasteiger partial charge in [-0.05, 0) is 35.4 Å². The number of rotatable bonds is 3. The van der Waals surface area contributed by atoms with Crippen LogP contribution in [0.25, 0.3) is 34.7 Å². The quantitative estimate of drug-likeness (QED) is 0.456. The molecule has 0 saturated heterocycles. The first-order chi connectivity index (χ1) is 11.4. The number of benzene rings is 3. The van der Waals surface area contributed by atoms with E-state index in [1.165, 1.54) is 5.56 Å².